The molecule has 0 amide bonds. The lowest BCUT2D eigenvalue weighted by atomic mass is 9.99. The highest BCUT2D eigenvalue weighted by atomic mass is 32.2. The fourth-order valence-electron chi connectivity index (χ4n) is 2.31. The predicted octanol–water partition coefficient (Wildman–Crippen LogP) is 2.24. The molecule has 0 aromatic heterocycles. The molecule has 0 spiro atoms. The van der Waals surface area contributed by atoms with Gasteiger partial charge < -0.3 is 9.47 Å². The van der Waals surface area contributed by atoms with Gasteiger partial charge in [0, 0.05) is 6.54 Å². The molecule has 0 aliphatic heterocycles. The molecule has 25 heavy (non-hydrogen) atoms. The summed E-state index contributed by atoms with van der Waals surface area (Å²) in [6, 6.07) is 13.3. The van der Waals surface area contributed by atoms with Gasteiger partial charge in [-0.2, -0.15) is 0 Å². The Morgan fingerprint density at radius 1 is 1.04 bits per heavy atom. The highest BCUT2D eigenvalue weighted by Crippen LogP contribution is 2.21. The molecule has 1 atom stereocenters. The molecular formula is C18H21NO5S. The molecule has 134 valence electrons. The van der Waals surface area contributed by atoms with Crippen molar-refractivity contribution in [2.45, 2.75) is 17.7 Å². The van der Waals surface area contributed by atoms with Crippen LogP contribution in [0.3, 0.4) is 0 Å². The van der Waals surface area contributed by atoms with Crippen molar-refractivity contribution in [3.05, 3.63) is 59.7 Å². The van der Waals surface area contributed by atoms with Gasteiger partial charge in [0.05, 0.1) is 25.0 Å². The van der Waals surface area contributed by atoms with Crippen molar-refractivity contribution >= 4 is 16.0 Å². The zero-order valence-electron chi connectivity index (χ0n) is 14.4. The Balaban J connectivity index is 2.19. The van der Waals surface area contributed by atoms with Gasteiger partial charge in [-0.15, -0.1) is 0 Å². The zero-order chi connectivity index (χ0) is 18.4. The van der Waals surface area contributed by atoms with Crippen LogP contribution in [0.25, 0.3) is 0 Å². The number of rotatable bonds is 7. The molecule has 6 nitrogen and oxygen atoms in total. The Labute approximate surface area is 147 Å². The third kappa shape index (κ3) is 4.80. The number of carbonyl (C=O) groups is 1. The minimum absolute atomic E-state index is 0.102. The monoisotopic (exact) mass is 363 g/mol. The van der Waals surface area contributed by atoms with Crippen molar-refractivity contribution in [2.24, 2.45) is 0 Å². The third-order valence-corrected chi connectivity index (χ3v) is 5.25. The molecule has 0 bridgehead atoms. The second kappa shape index (κ2) is 8.13. The number of sulfonamides is 1. The SMILES string of the molecule is COC(=O)[C@@H](CNS(=O)(=O)c1ccc(C)cc1)c1ccc(OC)cc1. The van der Waals surface area contributed by atoms with Crippen LogP contribution in [-0.4, -0.2) is 35.2 Å². The highest BCUT2D eigenvalue weighted by molar-refractivity contribution is 7.89. The number of ether oxygens (including phenoxy) is 2. The highest BCUT2D eigenvalue weighted by Gasteiger charge is 2.24. The van der Waals surface area contributed by atoms with Crippen LogP contribution < -0.4 is 9.46 Å². The van der Waals surface area contributed by atoms with E-state index in [1.807, 2.05) is 6.92 Å². The minimum atomic E-state index is -3.72. The van der Waals surface area contributed by atoms with Crippen LogP contribution in [0, 0.1) is 6.92 Å². The summed E-state index contributed by atoms with van der Waals surface area (Å²) in [5.41, 5.74) is 1.60. The van der Waals surface area contributed by atoms with Crippen LogP contribution in [0.15, 0.2) is 53.4 Å². The van der Waals surface area contributed by atoms with Crippen molar-refractivity contribution in [1.82, 2.24) is 4.72 Å². The molecule has 0 unspecified atom stereocenters. The lowest BCUT2D eigenvalue weighted by molar-refractivity contribution is -0.142. The van der Waals surface area contributed by atoms with Crippen LogP contribution >= 0.6 is 0 Å². The van der Waals surface area contributed by atoms with Crippen LogP contribution in [0.2, 0.25) is 0 Å². The Morgan fingerprint density at radius 2 is 1.64 bits per heavy atom. The normalized spacial score (nSPS) is 12.4. The first-order valence-corrected chi connectivity index (χ1v) is 9.14. The Hall–Kier alpha value is -2.38. The van der Waals surface area contributed by atoms with Gasteiger partial charge in [0.25, 0.3) is 0 Å². The van der Waals surface area contributed by atoms with Gasteiger partial charge in [0.2, 0.25) is 10.0 Å². The van der Waals surface area contributed by atoms with Gasteiger partial charge in [-0.1, -0.05) is 29.8 Å². The summed E-state index contributed by atoms with van der Waals surface area (Å²) in [7, 11) is -0.902. The fourth-order valence-corrected chi connectivity index (χ4v) is 3.36. The van der Waals surface area contributed by atoms with Gasteiger partial charge in [0.1, 0.15) is 5.75 Å². The Morgan fingerprint density at radius 3 is 2.16 bits per heavy atom. The summed E-state index contributed by atoms with van der Waals surface area (Å²) in [5, 5.41) is 0. The summed E-state index contributed by atoms with van der Waals surface area (Å²) in [6.45, 7) is 1.77. The first-order chi connectivity index (χ1) is 11.9. The Kier molecular flexibility index (Phi) is 6.17. The number of aryl methyl sites for hydroxylation is 1. The largest absolute Gasteiger partial charge is 0.497 e. The molecule has 0 saturated carbocycles. The lowest BCUT2D eigenvalue weighted by Crippen LogP contribution is -2.32. The number of nitrogens with one attached hydrogen (secondary N) is 1. The van der Waals surface area contributed by atoms with E-state index in [1.165, 1.54) is 19.2 Å². The lowest BCUT2D eigenvalue weighted by Gasteiger charge is -2.16. The smallest absolute Gasteiger partial charge is 0.314 e. The first-order valence-electron chi connectivity index (χ1n) is 7.65. The van der Waals surface area contributed by atoms with E-state index >= 15 is 0 Å². The molecule has 0 saturated heterocycles. The molecule has 2 rings (SSSR count). The maximum Gasteiger partial charge on any atom is 0.314 e. The minimum Gasteiger partial charge on any atom is -0.497 e. The number of hydrogen-bond donors (Lipinski definition) is 1. The number of methoxy groups -OCH3 is 2. The fraction of sp³-hybridized carbons (Fsp3) is 0.278. The van der Waals surface area contributed by atoms with E-state index in [0.717, 1.165) is 5.56 Å². The van der Waals surface area contributed by atoms with Crippen molar-refractivity contribution < 1.29 is 22.7 Å². The maximum atomic E-state index is 12.4. The molecule has 0 fully saturated rings. The van der Waals surface area contributed by atoms with E-state index in [9.17, 15) is 13.2 Å². The molecule has 0 heterocycles. The van der Waals surface area contributed by atoms with E-state index in [4.69, 9.17) is 9.47 Å². The summed E-state index contributed by atoms with van der Waals surface area (Å²) in [4.78, 5) is 12.2. The Bertz CT molecular complexity index is 814. The van der Waals surface area contributed by atoms with Gasteiger partial charge in [-0.3, -0.25) is 4.79 Å². The topological polar surface area (TPSA) is 81.7 Å². The van der Waals surface area contributed by atoms with Crippen molar-refractivity contribution in [3.63, 3.8) is 0 Å². The van der Waals surface area contributed by atoms with Crippen LogP contribution in [0.5, 0.6) is 5.75 Å². The molecule has 0 radical (unpaired) electrons. The van der Waals surface area contributed by atoms with E-state index in [0.29, 0.717) is 11.3 Å². The van der Waals surface area contributed by atoms with E-state index in [-0.39, 0.29) is 11.4 Å². The van der Waals surface area contributed by atoms with Crippen LogP contribution in [0.1, 0.15) is 17.0 Å². The maximum absolute atomic E-state index is 12.4. The van der Waals surface area contributed by atoms with E-state index in [1.54, 1.807) is 43.5 Å². The van der Waals surface area contributed by atoms with Crippen molar-refractivity contribution in [1.29, 1.82) is 0 Å². The van der Waals surface area contributed by atoms with Gasteiger partial charge in [-0.25, -0.2) is 13.1 Å². The van der Waals surface area contributed by atoms with E-state index in [2.05, 4.69) is 4.72 Å². The second-order valence-corrected chi connectivity index (χ2v) is 7.28. The molecule has 0 aliphatic carbocycles. The number of carbonyl (C=O) groups excluding carboxylic acids is 1. The summed E-state index contributed by atoms with van der Waals surface area (Å²) in [5.74, 6) is -0.625. The second-order valence-electron chi connectivity index (χ2n) is 5.51. The standard InChI is InChI=1S/C18H21NO5S/c1-13-4-10-16(11-5-13)25(21,22)19-12-17(18(20)24-3)14-6-8-15(23-2)9-7-14/h4-11,17,19H,12H2,1-3H3/t17-/m0/s1. The molecule has 1 N–H and O–H groups in total. The zero-order valence-corrected chi connectivity index (χ0v) is 15.2. The van der Waals surface area contributed by atoms with Crippen molar-refractivity contribution in [3.8, 4) is 5.75 Å². The predicted molar refractivity (Wildman–Crippen MR) is 94.1 cm³/mol. The summed E-state index contributed by atoms with van der Waals surface area (Å²) >= 11 is 0. The van der Waals surface area contributed by atoms with Crippen LogP contribution in [-0.2, 0) is 19.6 Å². The molecule has 2 aromatic carbocycles. The van der Waals surface area contributed by atoms with Crippen LogP contribution in [0.4, 0.5) is 0 Å². The molecule has 0 aliphatic rings. The number of hydrogen-bond acceptors (Lipinski definition) is 5. The quantitative estimate of drug-likeness (QED) is 0.763. The number of benzene rings is 2. The first kappa shape index (κ1) is 19.0. The third-order valence-electron chi connectivity index (χ3n) is 3.81. The van der Waals surface area contributed by atoms with Gasteiger partial charge in [0.15, 0.2) is 0 Å². The van der Waals surface area contributed by atoms with Gasteiger partial charge in [-0.05, 0) is 36.8 Å². The molecule has 7 heteroatoms. The van der Waals surface area contributed by atoms with Crippen molar-refractivity contribution in [2.75, 3.05) is 20.8 Å². The molecular weight excluding hydrogens is 342 g/mol. The van der Waals surface area contributed by atoms with Gasteiger partial charge >= 0.3 is 5.97 Å². The van der Waals surface area contributed by atoms with E-state index < -0.39 is 21.9 Å². The molecule has 2 aromatic rings. The average molecular weight is 363 g/mol. The summed E-state index contributed by atoms with van der Waals surface area (Å²) in [6.07, 6.45) is 0. The number of esters is 1. The average Bonchev–Trinajstić information content (AvgIpc) is 2.62. The summed E-state index contributed by atoms with van der Waals surface area (Å²) < 4.78 is 37.2.